The van der Waals surface area contributed by atoms with Crippen molar-refractivity contribution in [3.63, 3.8) is 0 Å². The highest BCUT2D eigenvalue weighted by Crippen LogP contribution is 2.24. The molecule has 96 valence electrons. The fraction of sp³-hybridized carbons (Fsp3) is 0.600. The molecule has 0 bridgehead atoms. The molecule has 17 heavy (non-hydrogen) atoms. The number of rotatable bonds is 7. The van der Waals surface area contributed by atoms with Gasteiger partial charge in [0.25, 0.3) is 0 Å². The van der Waals surface area contributed by atoms with Crippen LogP contribution >= 0.6 is 0 Å². The number of hydrogen-bond donors (Lipinski definition) is 1. The van der Waals surface area contributed by atoms with E-state index in [2.05, 4.69) is 51.2 Å². The van der Waals surface area contributed by atoms with Gasteiger partial charge in [-0.05, 0) is 31.9 Å². The van der Waals surface area contributed by atoms with Crippen molar-refractivity contribution in [1.29, 1.82) is 0 Å². The summed E-state index contributed by atoms with van der Waals surface area (Å²) in [5.74, 6) is 1.68. The lowest BCUT2D eigenvalue weighted by molar-refractivity contribution is 0.310. The predicted molar refractivity (Wildman–Crippen MR) is 73.5 cm³/mol. The van der Waals surface area contributed by atoms with Gasteiger partial charge in [0.1, 0.15) is 5.75 Å². The molecule has 0 amide bonds. The standard InChI is InChI=1S/C15H25NO/c1-5-10-17-15-9-7-6-8-14(15)13(4)16-11-12(2)3/h6-9,12-13,16H,5,10-11H2,1-4H3/t13-/m1/s1. The Labute approximate surface area is 105 Å². The van der Waals surface area contributed by atoms with Crippen molar-refractivity contribution in [2.45, 2.75) is 40.2 Å². The van der Waals surface area contributed by atoms with E-state index in [4.69, 9.17) is 4.74 Å². The second kappa shape index (κ2) is 7.33. The Morgan fingerprint density at radius 1 is 1.18 bits per heavy atom. The van der Waals surface area contributed by atoms with Crippen molar-refractivity contribution in [1.82, 2.24) is 5.32 Å². The van der Waals surface area contributed by atoms with Gasteiger partial charge in [-0.3, -0.25) is 0 Å². The molecule has 0 heterocycles. The smallest absolute Gasteiger partial charge is 0.124 e. The molecule has 0 saturated heterocycles. The van der Waals surface area contributed by atoms with Crippen molar-refractivity contribution >= 4 is 0 Å². The molecule has 2 nitrogen and oxygen atoms in total. The van der Waals surface area contributed by atoms with Crippen LogP contribution in [0.15, 0.2) is 24.3 Å². The molecular formula is C15H25NO. The fourth-order valence-electron chi connectivity index (χ4n) is 1.70. The first kappa shape index (κ1) is 14.0. The third-order valence-electron chi connectivity index (χ3n) is 2.68. The molecule has 0 aliphatic carbocycles. The molecule has 0 radical (unpaired) electrons. The van der Waals surface area contributed by atoms with E-state index in [0.717, 1.165) is 25.3 Å². The largest absolute Gasteiger partial charge is 0.493 e. The molecule has 1 aromatic carbocycles. The number of hydrogen-bond acceptors (Lipinski definition) is 2. The molecule has 0 aromatic heterocycles. The summed E-state index contributed by atoms with van der Waals surface area (Å²) in [6.07, 6.45) is 1.04. The molecular weight excluding hydrogens is 210 g/mol. The van der Waals surface area contributed by atoms with Crippen LogP contribution in [0.3, 0.4) is 0 Å². The van der Waals surface area contributed by atoms with Crippen molar-refractivity contribution in [3.05, 3.63) is 29.8 Å². The van der Waals surface area contributed by atoms with Gasteiger partial charge in [-0.1, -0.05) is 39.0 Å². The number of nitrogens with one attached hydrogen (secondary N) is 1. The van der Waals surface area contributed by atoms with Crippen molar-refractivity contribution < 1.29 is 4.74 Å². The molecule has 0 fully saturated rings. The van der Waals surface area contributed by atoms with E-state index < -0.39 is 0 Å². The zero-order valence-electron chi connectivity index (χ0n) is 11.5. The molecule has 0 saturated carbocycles. The highest BCUT2D eigenvalue weighted by molar-refractivity contribution is 5.35. The second-order valence-electron chi connectivity index (χ2n) is 4.91. The molecule has 2 heteroatoms. The molecule has 0 unspecified atom stereocenters. The van der Waals surface area contributed by atoms with Crippen molar-refractivity contribution in [2.75, 3.05) is 13.2 Å². The summed E-state index contributed by atoms with van der Waals surface area (Å²) in [5, 5.41) is 3.54. The Bertz CT molecular complexity index is 322. The first-order chi connectivity index (χ1) is 8.15. The molecule has 0 aliphatic rings. The number of para-hydroxylation sites is 1. The van der Waals surface area contributed by atoms with Crippen molar-refractivity contribution in [3.8, 4) is 5.75 Å². The van der Waals surface area contributed by atoms with Crippen LogP contribution < -0.4 is 10.1 Å². The minimum atomic E-state index is 0.338. The van der Waals surface area contributed by atoms with Crippen LogP contribution in [0.2, 0.25) is 0 Å². The van der Waals surface area contributed by atoms with Crippen molar-refractivity contribution in [2.24, 2.45) is 5.92 Å². The molecule has 1 aromatic rings. The summed E-state index contributed by atoms with van der Waals surface area (Å²) in [6, 6.07) is 8.64. The summed E-state index contributed by atoms with van der Waals surface area (Å²) in [5.41, 5.74) is 1.25. The first-order valence-electron chi connectivity index (χ1n) is 6.60. The summed E-state index contributed by atoms with van der Waals surface area (Å²) >= 11 is 0. The van der Waals surface area contributed by atoms with Crippen LogP contribution in [0.4, 0.5) is 0 Å². The lowest BCUT2D eigenvalue weighted by Crippen LogP contribution is -2.23. The Hall–Kier alpha value is -1.02. The Balaban J connectivity index is 2.67. The summed E-state index contributed by atoms with van der Waals surface area (Å²) in [6.45, 7) is 10.6. The quantitative estimate of drug-likeness (QED) is 0.776. The number of ether oxygens (including phenoxy) is 1. The van der Waals surface area contributed by atoms with E-state index in [1.807, 2.05) is 6.07 Å². The second-order valence-corrected chi connectivity index (χ2v) is 4.91. The van der Waals surface area contributed by atoms with Gasteiger partial charge in [0.15, 0.2) is 0 Å². The zero-order chi connectivity index (χ0) is 12.7. The van der Waals surface area contributed by atoms with Crippen LogP contribution in [0.25, 0.3) is 0 Å². The van der Waals surface area contributed by atoms with E-state index in [1.54, 1.807) is 0 Å². The van der Waals surface area contributed by atoms with Crippen LogP contribution in [-0.2, 0) is 0 Å². The van der Waals surface area contributed by atoms with Gasteiger partial charge in [-0.15, -0.1) is 0 Å². The minimum absolute atomic E-state index is 0.338. The van der Waals surface area contributed by atoms with Gasteiger partial charge in [0.2, 0.25) is 0 Å². The van der Waals surface area contributed by atoms with Gasteiger partial charge in [0, 0.05) is 11.6 Å². The summed E-state index contributed by atoms with van der Waals surface area (Å²) in [4.78, 5) is 0. The summed E-state index contributed by atoms with van der Waals surface area (Å²) < 4.78 is 5.77. The normalized spacial score (nSPS) is 12.8. The van der Waals surface area contributed by atoms with Crippen LogP contribution in [0.5, 0.6) is 5.75 Å². The maximum Gasteiger partial charge on any atom is 0.124 e. The highest BCUT2D eigenvalue weighted by Gasteiger charge is 2.10. The molecule has 0 spiro atoms. The Morgan fingerprint density at radius 3 is 2.53 bits per heavy atom. The number of benzene rings is 1. The predicted octanol–water partition coefficient (Wildman–Crippen LogP) is 3.78. The minimum Gasteiger partial charge on any atom is -0.493 e. The average Bonchev–Trinajstić information content (AvgIpc) is 2.33. The lowest BCUT2D eigenvalue weighted by atomic mass is 10.1. The van der Waals surface area contributed by atoms with Gasteiger partial charge >= 0.3 is 0 Å². The molecule has 1 rings (SSSR count). The van der Waals surface area contributed by atoms with E-state index in [1.165, 1.54) is 5.56 Å². The first-order valence-corrected chi connectivity index (χ1v) is 6.60. The van der Waals surface area contributed by atoms with Gasteiger partial charge in [-0.25, -0.2) is 0 Å². The van der Waals surface area contributed by atoms with Crippen LogP contribution in [-0.4, -0.2) is 13.2 Å². The van der Waals surface area contributed by atoms with E-state index in [9.17, 15) is 0 Å². The topological polar surface area (TPSA) is 21.3 Å². The van der Waals surface area contributed by atoms with Crippen LogP contribution in [0.1, 0.15) is 45.7 Å². The van der Waals surface area contributed by atoms with E-state index in [-0.39, 0.29) is 0 Å². The average molecular weight is 235 g/mol. The maximum absolute atomic E-state index is 5.77. The Morgan fingerprint density at radius 2 is 1.88 bits per heavy atom. The monoisotopic (exact) mass is 235 g/mol. The van der Waals surface area contributed by atoms with E-state index >= 15 is 0 Å². The fourth-order valence-corrected chi connectivity index (χ4v) is 1.70. The SMILES string of the molecule is CCCOc1ccccc1[C@@H](C)NCC(C)C. The van der Waals surface area contributed by atoms with E-state index in [0.29, 0.717) is 12.0 Å². The van der Waals surface area contributed by atoms with Gasteiger partial charge < -0.3 is 10.1 Å². The third kappa shape index (κ3) is 4.78. The van der Waals surface area contributed by atoms with Gasteiger partial charge in [-0.2, -0.15) is 0 Å². The zero-order valence-corrected chi connectivity index (χ0v) is 11.5. The molecule has 1 N–H and O–H groups in total. The van der Waals surface area contributed by atoms with Gasteiger partial charge in [0.05, 0.1) is 6.61 Å². The highest BCUT2D eigenvalue weighted by atomic mass is 16.5. The maximum atomic E-state index is 5.77. The molecule has 0 aliphatic heterocycles. The van der Waals surface area contributed by atoms with Crippen LogP contribution in [0, 0.1) is 5.92 Å². The Kier molecular flexibility index (Phi) is 6.06. The molecule has 1 atom stereocenters. The lowest BCUT2D eigenvalue weighted by Gasteiger charge is -2.19. The third-order valence-corrected chi connectivity index (χ3v) is 2.68. The summed E-state index contributed by atoms with van der Waals surface area (Å²) in [7, 11) is 0.